The number of allylic oxidation sites excluding steroid dienone is 2. The summed E-state index contributed by atoms with van der Waals surface area (Å²) in [6, 6.07) is 11.0. The van der Waals surface area contributed by atoms with Crippen LogP contribution in [-0.2, 0) is 11.3 Å². The topological polar surface area (TPSA) is 108 Å². The highest BCUT2D eigenvalue weighted by atomic mass is 32.2. The van der Waals surface area contributed by atoms with Gasteiger partial charge in [-0.05, 0) is 80.7 Å². The highest BCUT2D eigenvalue weighted by molar-refractivity contribution is 8.18. The van der Waals surface area contributed by atoms with E-state index in [1.807, 2.05) is 13.0 Å². The molecule has 182 valence electrons. The Kier molecular flexibility index (Phi) is 8.62. The van der Waals surface area contributed by atoms with Gasteiger partial charge in [0.15, 0.2) is 0 Å². The normalized spacial score (nSPS) is 22.4. The molecule has 1 aliphatic carbocycles. The first-order valence-electron chi connectivity index (χ1n) is 11.5. The fourth-order valence-electron chi connectivity index (χ4n) is 3.98. The number of imide groups is 1. The minimum atomic E-state index is -0.408. The SMILES string of the molecule is C=N\C(=N/C(=C\C)/C=C1\SC(=O)NC1=O)N[C@H]1CC[C@H](NCc2cccc(-c3cccs3)n2)CC1. The van der Waals surface area contributed by atoms with E-state index < -0.39 is 5.91 Å². The first-order chi connectivity index (χ1) is 17.0. The summed E-state index contributed by atoms with van der Waals surface area (Å²) in [7, 11) is 0. The lowest BCUT2D eigenvalue weighted by molar-refractivity contribution is -0.115. The molecule has 2 amide bonds. The van der Waals surface area contributed by atoms with E-state index in [1.165, 1.54) is 4.88 Å². The number of pyridine rings is 1. The van der Waals surface area contributed by atoms with Gasteiger partial charge in [-0.15, -0.1) is 11.3 Å². The second-order valence-electron chi connectivity index (χ2n) is 8.22. The van der Waals surface area contributed by atoms with Crippen LogP contribution in [0.5, 0.6) is 0 Å². The average molecular weight is 509 g/mol. The second kappa shape index (κ2) is 12.1. The van der Waals surface area contributed by atoms with Gasteiger partial charge in [0.1, 0.15) is 0 Å². The summed E-state index contributed by atoms with van der Waals surface area (Å²) in [6.45, 7) is 6.19. The van der Waals surface area contributed by atoms with Crippen LogP contribution in [0.3, 0.4) is 0 Å². The van der Waals surface area contributed by atoms with Gasteiger partial charge in [-0.3, -0.25) is 19.9 Å². The van der Waals surface area contributed by atoms with Crippen molar-refractivity contribution in [2.45, 2.75) is 51.2 Å². The number of rotatable bonds is 7. The van der Waals surface area contributed by atoms with Gasteiger partial charge in [0, 0.05) is 18.6 Å². The zero-order chi connectivity index (χ0) is 24.6. The zero-order valence-corrected chi connectivity index (χ0v) is 21.1. The van der Waals surface area contributed by atoms with E-state index in [-0.39, 0.29) is 11.3 Å². The van der Waals surface area contributed by atoms with Gasteiger partial charge in [0.2, 0.25) is 5.96 Å². The maximum atomic E-state index is 11.8. The van der Waals surface area contributed by atoms with E-state index in [2.05, 4.69) is 62.3 Å². The van der Waals surface area contributed by atoms with Crippen molar-refractivity contribution >= 4 is 46.9 Å². The number of aliphatic imine (C=N–C) groups is 2. The Morgan fingerprint density at radius 2 is 2.00 bits per heavy atom. The first kappa shape index (κ1) is 25.0. The molecular formula is C25H28N6O2S2. The maximum Gasteiger partial charge on any atom is 0.290 e. The third-order valence-electron chi connectivity index (χ3n) is 5.81. The molecular weight excluding hydrogens is 480 g/mol. The summed E-state index contributed by atoms with van der Waals surface area (Å²) in [4.78, 5) is 38.0. The van der Waals surface area contributed by atoms with Crippen molar-refractivity contribution in [2.24, 2.45) is 9.98 Å². The van der Waals surface area contributed by atoms with Gasteiger partial charge in [0.25, 0.3) is 11.1 Å². The van der Waals surface area contributed by atoms with Crippen molar-refractivity contribution in [3.8, 4) is 10.6 Å². The van der Waals surface area contributed by atoms with Crippen molar-refractivity contribution < 1.29 is 9.59 Å². The maximum absolute atomic E-state index is 11.8. The number of aromatic nitrogens is 1. The summed E-state index contributed by atoms with van der Waals surface area (Å²) in [5.74, 6) is 0.00516. The van der Waals surface area contributed by atoms with E-state index in [4.69, 9.17) is 4.98 Å². The summed E-state index contributed by atoms with van der Waals surface area (Å²) in [5.41, 5.74) is 2.61. The predicted molar refractivity (Wildman–Crippen MR) is 144 cm³/mol. The van der Waals surface area contributed by atoms with E-state index in [1.54, 1.807) is 23.5 Å². The number of carbonyl (C=O) groups excluding carboxylic acids is 2. The molecule has 0 bridgehead atoms. The molecule has 2 fully saturated rings. The summed E-state index contributed by atoms with van der Waals surface area (Å²) < 4.78 is 0. The Labute approximate surface area is 213 Å². The standard InChI is InChI=1S/C25H28N6O2S2/c1-3-16(14-22-23(32)31-25(33)35-22)29-24(26-2)30-18-11-9-17(10-12-18)27-15-19-6-4-7-20(28-19)21-8-5-13-34-21/h3-8,13-14,17-18,27H,2,9-12,15H2,1H3,(H,29,30)(H,31,32,33)/b16-3-,22-14-/t17-,18-. The number of guanidine groups is 1. The van der Waals surface area contributed by atoms with E-state index in [9.17, 15) is 9.59 Å². The zero-order valence-electron chi connectivity index (χ0n) is 19.5. The molecule has 3 N–H and O–H groups in total. The molecule has 0 spiro atoms. The third kappa shape index (κ3) is 6.97. The summed E-state index contributed by atoms with van der Waals surface area (Å²) in [6.07, 6.45) is 7.37. The van der Waals surface area contributed by atoms with Gasteiger partial charge in [0.05, 0.1) is 26.9 Å². The fourth-order valence-corrected chi connectivity index (χ4v) is 5.35. The van der Waals surface area contributed by atoms with E-state index in [0.717, 1.165) is 55.4 Å². The van der Waals surface area contributed by atoms with Gasteiger partial charge in [-0.25, -0.2) is 9.98 Å². The molecule has 1 aliphatic heterocycles. The molecule has 35 heavy (non-hydrogen) atoms. The van der Waals surface area contributed by atoms with Crippen LogP contribution in [0.15, 0.2) is 68.5 Å². The van der Waals surface area contributed by atoms with Gasteiger partial charge in [-0.2, -0.15) is 0 Å². The number of carbonyl (C=O) groups is 2. The Balaban J connectivity index is 1.27. The van der Waals surface area contributed by atoms with Crippen molar-refractivity contribution in [3.05, 3.63) is 64.2 Å². The highest BCUT2D eigenvalue weighted by Gasteiger charge is 2.25. The molecule has 1 saturated carbocycles. The van der Waals surface area contributed by atoms with Crippen LogP contribution in [-0.4, -0.2) is 40.9 Å². The summed E-state index contributed by atoms with van der Waals surface area (Å²) >= 11 is 2.56. The molecule has 0 atom stereocenters. The predicted octanol–water partition coefficient (Wildman–Crippen LogP) is 4.63. The molecule has 1 saturated heterocycles. The quantitative estimate of drug-likeness (QED) is 0.286. The van der Waals surface area contributed by atoms with Crippen LogP contribution in [0.25, 0.3) is 10.6 Å². The van der Waals surface area contributed by atoms with Crippen LogP contribution in [0, 0.1) is 0 Å². The van der Waals surface area contributed by atoms with E-state index in [0.29, 0.717) is 22.6 Å². The number of nitrogens with one attached hydrogen (secondary N) is 3. The van der Waals surface area contributed by atoms with Crippen molar-refractivity contribution in [1.82, 2.24) is 20.9 Å². The number of hydrogen-bond acceptors (Lipinski definition) is 7. The molecule has 4 rings (SSSR count). The number of thioether (sulfide) groups is 1. The molecule has 2 aromatic rings. The highest BCUT2D eigenvalue weighted by Crippen LogP contribution is 2.25. The molecule has 3 heterocycles. The Hall–Kier alpha value is -3.08. The Morgan fingerprint density at radius 3 is 2.66 bits per heavy atom. The van der Waals surface area contributed by atoms with Crippen LogP contribution >= 0.6 is 23.1 Å². The first-order valence-corrected chi connectivity index (χ1v) is 13.2. The molecule has 0 aromatic carbocycles. The number of amides is 2. The van der Waals surface area contributed by atoms with Crippen LogP contribution in [0.1, 0.15) is 38.3 Å². The van der Waals surface area contributed by atoms with Gasteiger partial charge < -0.3 is 10.6 Å². The number of hydrogen-bond donors (Lipinski definition) is 3. The van der Waals surface area contributed by atoms with Crippen molar-refractivity contribution in [1.29, 1.82) is 0 Å². The summed E-state index contributed by atoms with van der Waals surface area (Å²) in [5, 5.41) is 11.0. The molecule has 8 nitrogen and oxygen atoms in total. The number of nitrogens with zero attached hydrogens (tertiary/aromatic N) is 3. The second-order valence-corrected chi connectivity index (χ2v) is 10.2. The minimum Gasteiger partial charge on any atom is -0.351 e. The largest absolute Gasteiger partial charge is 0.351 e. The molecule has 0 unspecified atom stereocenters. The molecule has 2 aromatic heterocycles. The van der Waals surface area contributed by atoms with Crippen LogP contribution in [0.4, 0.5) is 4.79 Å². The Morgan fingerprint density at radius 1 is 1.20 bits per heavy atom. The van der Waals surface area contributed by atoms with Gasteiger partial charge >= 0.3 is 0 Å². The lowest BCUT2D eigenvalue weighted by Crippen LogP contribution is -2.41. The smallest absolute Gasteiger partial charge is 0.290 e. The lowest BCUT2D eigenvalue weighted by atomic mass is 9.91. The fraction of sp³-hybridized carbons (Fsp3) is 0.320. The number of thiophene rings is 1. The van der Waals surface area contributed by atoms with E-state index >= 15 is 0 Å². The van der Waals surface area contributed by atoms with Gasteiger partial charge in [-0.1, -0.05) is 18.2 Å². The van der Waals surface area contributed by atoms with Crippen LogP contribution < -0.4 is 16.0 Å². The lowest BCUT2D eigenvalue weighted by Gasteiger charge is -2.30. The van der Waals surface area contributed by atoms with Crippen molar-refractivity contribution in [3.63, 3.8) is 0 Å². The third-order valence-corrected chi connectivity index (χ3v) is 7.52. The average Bonchev–Trinajstić information content (AvgIpc) is 3.52. The van der Waals surface area contributed by atoms with Crippen LogP contribution in [0.2, 0.25) is 0 Å². The monoisotopic (exact) mass is 508 g/mol. The Bertz CT molecular complexity index is 1160. The van der Waals surface area contributed by atoms with Crippen molar-refractivity contribution in [2.75, 3.05) is 0 Å². The molecule has 0 radical (unpaired) electrons. The minimum absolute atomic E-state index is 0.245. The molecule has 2 aliphatic rings. The molecule has 10 heteroatoms.